The van der Waals surface area contributed by atoms with Gasteiger partial charge in [0.05, 0.1) is 7.11 Å². The van der Waals surface area contributed by atoms with Crippen molar-refractivity contribution in [1.29, 1.82) is 0 Å². The summed E-state index contributed by atoms with van der Waals surface area (Å²) in [5.41, 5.74) is 0.990. The van der Waals surface area contributed by atoms with Crippen LogP contribution in [0.1, 0.15) is 5.56 Å². The molecule has 5 heteroatoms. The van der Waals surface area contributed by atoms with Crippen LogP contribution in [0.2, 0.25) is 0 Å². The molecule has 0 bridgehead atoms. The summed E-state index contributed by atoms with van der Waals surface area (Å²) in [6, 6.07) is 8.91. The standard InChI is InChI=1S/C10H12NO3P/c1-14-10(12)9(11-15-13)7-8-5-3-2-4-6-8/h2-6,9H,7H2,1H3,(H,11,13)/t9-/m0/s1. The quantitative estimate of drug-likeness (QED) is 0.610. The summed E-state index contributed by atoms with van der Waals surface area (Å²) in [6.45, 7) is 0. The third-order valence-electron chi connectivity index (χ3n) is 1.98. The van der Waals surface area contributed by atoms with Crippen LogP contribution < -0.4 is 5.09 Å². The molecule has 0 unspecified atom stereocenters. The highest BCUT2D eigenvalue weighted by Gasteiger charge is 2.18. The lowest BCUT2D eigenvalue weighted by Crippen LogP contribution is -2.34. The first kappa shape index (κ1) is 11.8. The molecule has 15 heavy (non-hydrogen) atoms. The average Bonchev–Trinajstić information content (AvgIpc) is 2.29. The Morgan fingerprint density at radius 2 is 2.13 bits per heavy atom. The molecule has 0 spiro atoms. The molecular formula is C10H12NO3P. The highest BCUT2D eigenvalue weighted by atomic mass is 31.1. The van der Waals surface area contributed by atoms with E-state index in [1.807, 2.05) is 30.3 Å². The number of hydrogen-bond acceptors (Lipinski definition) is 3. The summed E-state index contributed by atoms with van der Waals surface area (Å²) in [5, 5.41) is 2.52. The molecule has 0 fully saturated rings. The van der Waals surface area contributed by atoms with Gasteiger partial charge in [-0.25, -0.2) is 5.09 Å². The number of carbonyl (C=O) groups excluding carboxylic acids is 1. The average molecular weight is 225 g/mol. The van der Waals surface area contributed by atoms with E-state index in [1.165, 1.54) is 7.11 Å². The molecule has 0 amide bonds. The van der Waals surface area contributed by atoms with Gasteiger partial charge in [0.1, 0.15) is 6.04 Å². The summed E-state index contributed by atoms with van der Waals surface area (Å²) in [7, 11) is 1.04. The van der Waals surface area contributed by atoms with Gasteiger partial charge in [0, 0.05) is 0 Å². The van der Waals surface area contributed by atoms with E-state index in [0.29, 0.717) is 6.42 Å². The van der Waals surface area contributed by atoms with Crippen LogP contribution in [-0.4, -0.2) is 19.1 Å². The molecule has 1 atom stereocenters. The molecule has 0 saturated carbocycles. The lowest BCUT2D eigenvalue weighted by molar-refractivity contribution is -0.142. The molecule has 0 radical (unpaired) electrons. The number of benzene rings is 1. The second-order valence-corrected chi connectivity index (χ2v) is 3.43. The fourth-order valence-electron chi connectivity index (χ4n) is 1.24. The number of ether oxygens (including phenoxy) is 1. The first-order valence-electron chi connectivity index (χ1n) is 4.47. The van der Waals surface area contributed by atoms with Crippen molar-refractivity contribution in [2.45, 2.75) is 12.5 Å². The fourth-order valence-corrected chi connectivity index (χ4v) is 1.56. The third-order valence-corrected chi connectivity index (χ3v) is 2.39. The molecule has 0 saturated heterocycles. The largest absolute Gasteiger partial charge is 0.468 e. The van der Waals surface area contributed by atoms with Gasteiger partial charge >= 0.3 is 5.97 Å². The summed E-state index contributed by atoms with van der Waals surface area (Å²) >= 11 is 0. The maximum absolute atomic E-state index is 11.3. The number of carbonyl (C=O) groups is 1. The molecule has 1 N–H and O–H groups in total. The molecule has 1 aromatic carbocycles. The monoisotopic (exact) mass is 225 g/mol. The topological polar surface area (TPSA) is 55.4 Å². The Balaban J connectivity index is 2.66. The van der Waals surface area contributed by atoms with Gasteiger partial charge in [-0.3, -0.25) is 9.36 Å². The summed E-state index contributed by atoms with van der Waals surface area (Å²) in [4.78, 5) is 11.3. The van der Waals surface area contributed by atoms with Crippen LogP contribution >= 0.6 is 8.61 Å². The highest BCUT2D eigenvalue weighted by molar-refractivity contribution is 7.21. The molecule has 1 aromatic rings. The zero-order chi connectivity index (χ0) is 11.1. The highest BCUT2D eigenvalue weighted by Crippen LogP contribution is 2.06. The summed E-state index contributed by atoms with van der Waals surface area (Å²) in [6.07, 6.45) is 0.461. The van der Waals surface area contributed by atoms with E-state index in [-0.39, 0.29) is 8.61 Å². The Bertz CT molecular complexity index is 329. The van der Waals surface area contributed by atoms with E-state index < -0.39 is 12.0 Å². The van der Waals surface area contributed by atoms with E-state index >= 15 is 0 Å². The van der Waals surface area contributed by atoms with Crippen LogP contribution in [0.15, 0.2) is 30.3 Å². The van der Waals surface area contributed by atoms with E-state index in [1.54, 1.807) is 0 Å². The van der Waals surface area contributed by atoms with Crippen molar-refractivity contribution in [3.8, 4) is 0 Å². The van der Waals surface area contributed by atoms with Gasteiger partial charge in [-0.1, -0.05) is 30.3 Å². The van der Waals surface area contributed by atoms with Crippen molar-refractivity contribution in [1.82, 2.24) is 5.09 Å². The van der Waals surface area contributed by atoms with Gasteiger partial charge in [0.15, 0.2) is 0 Å². The van der Waals surface area contributed by atoms with Gasteiger partial charge in [0.2, 0.25) is 8.61 Å². The lowest BCUT2D eigenvalue weighted by atomic mass is 10.1. The van der Waals surface area contributed by atoms with E-state index in [2.05, 4.69) is 9.82 Å². The predicted molar refractivity (Wildman–Crippen MR) is 56.7 cm³/mol. The van der Waals surface area contributed by atoms with Crippen LogP contribution in [0, 0.1) is 0 Å². The Hall–Kier alpha value is -1.25. The van der Waals surface area contributed by atoms with Crippen molar-refractivity contribution < 1.29 is 14.1 Å². The maximum Gasteiger partial charge on any atom is 0.323 e. The zero-order valence-electron chi connectivity index (χ0n) is 8.34. The second-order valence-electron chi connectivity index (χ2n) is 2.99. The van der Waals surface area contributed by atoms with Gasteiger partial charge in [-0.15, -0.1) is 0 Å². The first-order chi connectivity index (χ1) is 7.27. The third kappa shape index (κ3) is 3.78. The Morgan fingerprint density at radius 1 is 1.47 bits per heavy atom. The molecule has 0 aliphatic rings. The number of hydrogen-bond donors (Lipinski definition) is 1. The molecule has 0 aliphatic heterocycles. The van der Waals surface area contributed by atoms with Crippen molar-refractivity contribution in [2.75, 3.05) is 7.11 Å². The van der Waals surface area contributed by atoms with Gasteiger partial charge in [-0.2, -0.15) is 0 Å². The first-order valence-corrected chi connectivity index (χ1v) is 5.28. The Morgan fingerprint density at radius 3 is 2.67 bits per heavy atom. The minimum Gasteiger partial charge on any atom is -0.468 e. The Labute approximate surface area is 89.9 Å². The molecular weight excluding hydrogens is 213 g/mol. The normalized spacial score (nSPS) is 12.3. The number of esters is 1. The SMILES string of the molecule is COC(=O)[C@H](Cc1ccccc1)NP=O. The molecule has 80 valence electrons. The van der Waals surface area contributed by atoms with Crippen LogP contribution in [0.4, 0.5) is 0 Å². The maximum atomic E-state index is 11.3. The minimum atomic E-state index is -0.573. The van der Waals surface area contributed by atoms with Gasteiger partial charge in [0.25, 0.3) is 0 Å². The molecule has 4 nitrogen and oxygen atoms in total. The number of nitrogens with one attached hydrogen (secondary N) is 1. The van der Waals surface area contributed by atoms with E-state index in [9.17, 15) is 9.36 Å². The van der Waals surface area contributed by atoms with E-state index in [0.717, 1.165) is 5.56 Å². The fraction of sp³-hybridized carbons (Fsp3) is 0.300. The smallest absolute Gasteiger partial charge is 0.323 e. The zero-order valence-corrected chi connectivity index (χ0v) is 9.24. The molecule has 0 heterocycles. The molecule has 0 aliphatic carbocycles. The predicted octanol–water partition coefficient (Wildman–Crippen LogP) is 1.57. The Kier molecular flexibility index (Phi) is 4.95. The summed E-state index contributed by atoms with van der Waals surface area (Å²) < 4.78 is 15.0. The summed E-state index contributed by atoms with van der Waals surface area (Å²) in [5.74, 6) is -0.415. The number of rotatable bonds is 5. The van der Waals surface area contributed by atoms with Gasteiger partial charge in [-0.05, 0) is 12.0 Å². The van der Waals surface area contributed by atoms with Crippen molar-refractivity contribution in [3.63, 3.8) is 0 Å². The molecule has 0 aromatic heterocycles. The lowest BCUT2D eigenvalue weighted by Gasteiger charge is -2.11. The second kappa shape index (κ2) is 6.27. The molecule has 1 rings (SSSR count). The minimum absolute atomic E-state index is 0.272. The van der Waals surface area contributed by atoms with Crippen LogP contribution in [0.5, 0.6) is 0 Å². The van der Waals surface area contributed by atoms with E-state index in [4.69, 9.17) is 0 Å². The van der Waals surface area contributed by atoms with Crippen LogP contribution in [0.3, 0.4) is 0 Å². The van der Waals surface area contributed by atoms with Crippen molar-refractivity contribution >= 4 is 14.6 Å². The van der Waals surface area contributed by atoms with Crippen LogP contribution in [-0.2, 0) is 20.5 Å². The van der Waals surface area contributed by atoms with Crippen molar-refractivity contribution in [2.24, 2.45) is 0 Å². The van der Waals surface area contributed by atoms with Crippen LogP contribution in [0.25, 0.3) is 0 Å². The number of methoxy groups -OCH3 is 1. The van der Waals surface area contributed by atoms with Gasteiger partial charge < -0.3 is 4.74 Å². The van der Waals surface area contributed by atoms with Crippen molar-refractivity contribution in [3.05, 3.63) is 35.9 Å².